The summed E-state index contributed by atoms with van der Waals surface area (Å²) in [6.07, 6.45) is 3.80. The molecule has 0 spiro atoms. The molecule has 1 aliphatic rings. The minimum Gasteiger partial charge on any atom is -0.417 e. The lowest BCUT2D eigenvalue weighted by atomic mass is 9.90. The van der Waals surface area contributed by atoms with Crippen molar-refractivity contribution >= 4 is 19.7 Å². The number of hydrogen-bond donors (Lipinski definition) is 0. The summed E-state index contributed by atoms with van der Waals surface area (Å²) in [5.41, 5.74) is 1.59. The number of hydrogen-bond acceptors (Lipinski definition) is 2. The first-order valence-corrected chi connectivity index (χ1v) is 10.8. The Morgan fingerprint density at radius 2 is 2.11 bits per heavy atom. The van der Waals surface area contributed by atoms with Gasteiger partial charge in [-0.15, -0.1) is 11.3 Å². The maximum atomic E-state index is 6.37. The third-order valence-corrected chi connectivity index (χ3v) is 10.1. The lowest BCUT2D eigenvalue weighted by Crippen LogP contribution is -2.42. The molecule has 18 heavy (non-hydrogen) atoms. The van der Waals surface area contributed by atoms with Gasteiger partial charge in [-0.1, -0.05) is 20.8 Å². The minimum absolute atomic E-state index is 0.329. The first kappa shape index (κ1) is 14.3. The van der Waals surface area contributed by atoms with Crippen LogP contribution in [0.15, 0.2) is 11.4 Å². The molecule has 0 saturated heterocycles. The van der Waals surface area contributed by atoms with Crippen LogP contribution >= 0.6 is 11.3 Å². The van der Waals surface area contributed by atoms with E-state index in [1.165, 1.54) is 19.3 Å². The fourth-order valence-corrected chi connectivity index (χ4v) is 4.31. The van der Waals surface area contributed by atoms with E-state index in [2.05, 4.69) is 45.3 Å². The molecule has 0 aromatic carbocycles. The normalized spacial score (nSPS) is 20.8. The molecule has 0 saturated carbocycles. The van der Waals surface area contributed by atoms with E-state index in [1.807, 2.05) is 11.3 Å². The van der Waals surface area contributed by atoms with E-state index >= 15 is 0 Å². The van der Waals surface area contributed by atoms with E-state index in [0.717, 1.165) is 12.5 Å². The van der Waals surface area contributed by atoms with Gasteiger partial charge in [-0.3, -0.25) is 0 Å². The van der Waals surface area contributed by atoms with Crippen LogP contribution in [0.3, 0.4) is 0 Å². The molecule has 0 fully saturated rings. The van der Waals surface area contributed by atoms with Gasteiger partial charge < -0.3 is 4.43 Å². The molecule has 0 radical (unpaired) electrons. The molecule has 1 nitrogen and oxygen atoms in total. The van der Waals surface area contributed by atoms with Crippen molar-refractivity contribution in [3.05, 3.63) is 21.9 Å². The predicted octanol–water partition coefficient (Wildman–Crippen LogP) is 4.87. The van der Waals surface area contributed by atoms with E-state index in [4.69, 9.17) is 4.43 Å². The van der Waals surface area contributed by atoms with E-state index < -0.39 is 8.32 Å². The molecular formula is C15H26OSSi. The highest BCUT2D eigenvalue weighted by Crippen LogP contribution is 2.38. The smallest absolute Gasteiger partial charge is 0.191 e. The van der Waals surface area contributed by atoms with E-state index in [0.29, 0.717) is 5.04 Å². The first-order valence-electron chi connectivity index (χ1n) is 6.99. The maximum Gasteiger partial charge on any atom is 0.191 e. The van der Waals surface area contributed by atoms with Crippen molar-refractivity contribution in [2.75, 3.05) is 6.61 Å². The zero-order chi connectivity index (χ0) is 13.4. The SMILES string of the molecule is CC(C)(C)[Si](C)(C)OCC1CCc2ccsc2C1. The summed E-state index contributed by atoms with van der Waals surface area (Å²) in [7, 11) is -1.56. The summed E-state index contributed by atoms with van der Waals surface area (Å²) in [5, 5.41) is 2.57. The standard InChI is InChI=1S/C15H26OSSi/c1-15(2,3)18(4,5)16-11-12-6-7-13-8-9-17-14(13)10-12/h8-9,12H,6-7,10-11H2,1-5H3. The van der Waals surface area contributed by atoms with E-state index in [9.17, 15) is 0 Å². The second-order valence-electron chi connectivity index (χ2n) is 7.05. The van der Waals surface area contributed by atoms with Gasteiger partial charge in [-0.2, -0.15) is 0 Å². The zero-order valence-corrected chi connectivity index (χ0v) is 14.2. The van der Waals surface area contributed by atoms with Crippen LogP contribution in [0.25, 0.3) is 0 Å². The van der Waals surface area contributed by atoms with Crippen LogP contribution in [0.1, 0.15) is 37.6 Å². The van der Waals surface area contributed by atoms with E-state index in [-0.39, 0.29) is 0 Å². The molecule has 1 heterocycles. The molecule has 0 N–H and O–H groups in total. The summed E-state index contributed by atoms with van der Waals surface area (Å²) < 4.78 is 6.37. The van der Waals surface area contributed by atoms with Crippen molar-refractivity contribution in [3.63, 3.8) is 0 Å². The summed E-state index contributed by atoms with van der Waals surface area (Å²) in [4.78, 5) is 1.60. The molecule has 0 bridgehead atoms. The topological polar surface area (TPSA) is 9.23 Å². The number of aryl methyl sites for hydroxylation is 1. The Kier molecular flexibility index (Phi) is 4.05. The van der Waals surface area contributed by atoms with Crippen LogP contribution in [-0.2, 0) is 17.3 Å². The lowest BCUT2D eigenvalue weighted by Gasteiger charge is -2.37. The Balaban J connectivity index is 1.90. The second-order valence-corrected chi connectivity index (χ2v) is 12.9. The Hall–Kier alpha value is -0.123. The van der Waals surface area contributed by atoms with Gasteiger partial charge >= 0.3 is 0 Å². The molecular weight excluding hydrogens is 256 g/mol. The number of thiophene rings is 1. The second kappa shape index (κ2) is 5.10. The molecule has 102 valence electrons. The molecule has 0 amide bonds. The molecule has 1 unspecified atom stereocenters. The van der Waals surface area contributed by atoms with Crippen LogP contribution in [0, 0.1) is 5.92 Å². The Bertz CT molecular complexity index is 403. The molecule has 1 aliphatic carbocycles. The highest BCUT2D eigenvalue weighted by atomic mass is 32.1. The van der Waals surface area contributed by atoms with Gasteiger partial charge in [0.1, 0.15) is 0 Å². The Morgan fingerprint density at radius 3 is 2.78 bits per heavy atom. The van der Waals surface area contributed by atoms with E-state index in [1.54, 1.807) is 10.4 Å². The van der Waals surface area contributed by atoms with Crippen LogP contribution in [0.4, 0.5) is 0 Å². The molecule has 1 aromatic rings. The van der Waals surface area contributed by atoms with Crippen molar-refractivity contribution in [3.8, 4) is 0 Å². The fourth-order valence-electron chi connectivity index (χ4n) is 2.18. The molecule has 0 aliphatic heterocycles. The summed E-state index contributed by atoms with van der Waals surface area (Å²) >= 11 is 1.92. The van der Waals surface area contributed by atoms with Crippen LogP contribution < -0.4 is 0 Å². The molecule has 2 rings (SSSR count). The Morgan fingerprint density at radius 1 is 1.39 bits per heavy atom. The fraction of sp³-hybridized carbons (Fsp3) is 0.733. The number of fused-ring (bicyclic) bond motifs is 1. The van der Waals surface area contributed by atoms with Crippen LogP contribution in [-0.4, -0.2) is 14.9 Å². The summed E-state index contributed by atoms with van der Waals surface area (Å²) in [6, 6.07) is 2.30. The monoisotopic (exact) mass is 282 g/mol. The number of rotatable bonds is 3. The predicted molar refractivity (Wildman–Crippen MR) is 83.0 cm³/mol. The maximum absolute atomic E-state index is 6.37. The zero-order valence-electron chi connectivity index (χ0n) is 12.4. The van der Waals surface area contributed by atoms with Gasteiger partial charge in [-0.05, 0) is 60.3 Å². The van der Waals surface area contributed by atoms with Crippen molar-refractivity contribution in [1.82, 2.24) is 0 Å². The third-order valence-electron chi connectivity index (χ3n) is 4.62. The van der Waals surface area contributed by atoms with Gasteiger partial charge in [0.25, 0.3) is 0 Å². The average molecular weight is 283 g/mol. The van der Waals surface area contributed by atoms with Crippen molar-refractivity contribution in [1.29, 1.82) is 0 Å². The van der Waals surface area contributed by atoms with Gasteiger partial charge in [0.05, 0.1) is 0 Å². The average Bonchev–Trinajstić information content (AvgIpc) is 2.71. The first-order chi connectivity index (χ1) is 8.29. The van der Waals surface area contributed by atoms with Crippen LogP contribution in [0.5, 0.6) is 0 Å². The van der Waals surface area contributed by atoms with Gasteiger partial charge in [0.15, 0.2) is 8.32 Å². The van der Waals surface area contributed by atoms with Gasteiger partial charge in [0, 0.05) is 11.5 Å². The molecule has 1 aromatic heterocycles. The van der Waals surface area contributed by atoms with Gasteiger partial charge in [0.2, 0.25) is 0 Å². The third kappa shape index (κ3) is 3.06. The summed E-state index contributed by atoms with van der Waals surface area (Å²) in [5.74, 6) is 0.741. The van der Waals surface area contributed by atoms with Crippen molar-refractivity contribution < 1.29 is 4.43 Å². The van der Waals surface area contributed by atoms with Crippen molar-refractivity contribution in [2.24, 2.45) is 5.92 Å². The van der Waals surface area contributed by atoms with Crippen molar-refractivity contribution in [2.45, 2.75) is 58.2 Å². The Labute approximate surface area is 117 Å². The lowest BCUT2D eigenvalue weighted by molar-refractivity contribution is 0.216. The molecule has 1 atom stereocenters. The highest BCUT2D eigenvalue weighted by Gasteiger charge is 2.37. The highest BCUT2D eigenvalue weighted by molar-refractivity contribution is 7.10. The largest absolute Gasteiger partial charge is 0.417 e. The minimum atomic E-state index is -1.56. The van der Waals surface area contributed by atoms with Gasteiger partial charge in [-0.25, -0.2) is 0 Å². The quantitative estimate of drug-likeness (QED) is 0.718. The summed E-state index contributed by atoms with van der Waals surface area (Å²) in [6.45, 7) is 12.6. The van der Waals surface area contributed by atoms with Crippen LogP contribution in [0.2, 0.25) is 18.1 Å². The molecule has 3 heteroatoms.